The first-order chi connectivity index (χ1) is 10.9. The van der Waals surface area contributed by atoms with Crippen LogP contribution in [0.2, 0.25) is 0 Å². The van der Waals surface area contributed by atoms with Crippen molar-refractivity contribution >= 4 is 22.7 Å². The molecule has 4 nitrogen and oxygen atoms in total. The van der Waals surface area contributed by atoms with Crippen molar-refractivity contribution in [3.05, 3.63) is 59.7 Å². The predicted molar refractivity (Wildman–Crippen MR) is 82.7 cm³/mol. The first kappa shape index (κ1) is 15.1. The van der Waals surface area contributed by atoms with Gasteiger partial charge in [-0.15, -0.1) is 0 Å². The molecule has 0 aliphatic carbocycles. The number of alkyl halides is 3. The van der Waals surface area contributed by atoms with Gasteiger partial charge >= 0.3 is 6.18 Å². The summed E-state index contributed by atoms with van der Waals surface area (Å²) in [6, 6.07) is 12.4. The van der Waals surface area contributed by atoms with E-state index in [1.807, 2.05) is 18.2 Å². The van der Waals surface area contributed by atoms with Crippen LogP contribution in [-0.4, -0.2) is 9.97 Å². The van der Waals surface area contributed by atoms with Gasteiger partial charge in [0.25, 0.3) is 0 Å². The maximum Gasteiger partial charge on any atom is 0.416 e. The second kappa shape index (κ2) is 5.75. The van der Waals surface area contributed by atoms with Crippen molar-refractivity contribution in [1.29, 1.82) is 0 Å². The Hall–Kier alpha value is -2.83. The number of benzene rings is 2. The van der Waals surface area contributed by atoms with Gasteiger partial charge in [0.05, 0.1) is 11.1 Å². The highest BCUT2D eigenvalue weighted by molar-refractivity contribution is 5.89. The average molecular weight is 318 g/mol. The van der Waals surface area contributed by atoms with Crippen molar-refractivity contribution in [2.45, 2.75) is 12.7 Å². The van der Waals surface area contributed by atoms with E-state index in [1.165, 1.54) is 6.07 Å². The smallest absolute Gasteiger partial charge is 0.368 e. The number of nitrogens with one attached hydrogen (secondary N) is 1. The zero-order chi connectivity index (χ0) is 16.4. The minimum absolute atomic E-state index is 0.107. The number of para-hydroxylation sites is 1. The molecule has 0 spiro atoms. The summed E-state index contributed by atoms with van der Waals surface area (Å²) in [5.41, 5.74) is 6.16. The lowest BCUT2D eigenvalue weighted by Crippen LogP contribution is -2.08. The Labute approximate surface area is 130 Å². The molecule has 2 aromatic carbocycles. The lowest BCUT2D eigenvalue weighted by Gasteiger charge is -2.11. The first-order valence-electron chi connectivity index (χ1n) is 6.86. The number of anilines is 2. The van der Waals surface area contributed by atoms with Gasteiger partial charge in [-0.2, -0.15) is 18.2 Å². The minimum Gasteiger partial charge on any atom is -0.368 e. The van der Waals surface area contributed by atoms with E-state index in [0.29, 0.717) is 16.9 Å². The lowest BCUT2D eigenvalue weighted by molar-refractivity contribution is -0.137. The van der Waals surface area contributed by atoms with Crippen LogP contribution < -0.4 is 11.1 Å². The van der Waals surface area contributed by atoms with E-state index >= 15 is 0 Å². The topological polar surface area (TPSA) is 63.8 Å². The quantitative estimate of drug-likeness (QED) is 0.770. The number of hydrogen-bond acceptors (Lipinski definition) is 4. The van der Waals surface area contributed by atoms with Crippen molar-refractivity contribution < 1.29 is 13.2 Å². The average Bonchev–Trinajstić information content (AvgIpc) is 2.52. The van der Waals surface area contributed by atoms with Gasteiger partial charge in [-0.3, -0.25) is 0 Å². The largest absolute Gasteiger partial charge is 0.416 e. The maximum absolute atomic E-state index is 12.7. The summed E-state index contributed by atoms with van der Waals surface area (Å²) in [4.78, 5) is 8.24. The highest BCUT2D eigenvalue weighted by Crippen LogP contribution is 2.30. The number of nitrogens with two attached hydrogens (primary N) is 1. The fourth-order valence-electron chi connectivity index (χ4n) is 2.27. The predicted octanol–water partition coefficient (Wildman–Crippen LogP) is 3.84. The Kier molecular flexibility index (Phi) is 3.77. The molecule has 0 saturated carbocycles. The van der Waals surface area contributed by atoms with Crippen LogP contribution in [0, 0.1) is 0 Å². The van der Waals surface area contributed by atoms with Crippen molar-refractivity contribution in [3.8, 4) is 0 Å². The van der Waals surface area contributed by atoms with Gasteiger partial charge in [-0.25, -0.2) is 4.98 Å². The second-order valence-corrected chi connectivity index (χ2v) is 5.00. The highest BCUT2D eigenvalue weighted by atomic mass is 19.4. The zero-order valence-corrected chi connectivity index (χ0v) is 11.9. The van der Waals surface area contributed by atoms with E-state index < -0.39 is 11.7 Å². The van der Waals surface area contributed by atoms with Crippen molar-refractivity contribution in [3.63, 3.8) is 0 Å². The lowest BCUT2D eigenvalue weighted by atomic mass is 10.1. The van der Waals surface area contributed by atoms with Gasteiger partial charge in [0.1, 0.15) is 5.82 Å². The van der Waals surface area contributed by atoms with Crippen LogP contribution in [0.3, 0.4) is 0 Å². The molecule has 3 aromatic rings. The number of nitrogen functional groups attached to an aromatic ring is 1. The van der Waals surface area contributed by atoms with Gasteiger partial charge in [0.15, 0.2) is 0 Å². The molecule has 0 bridgehead atoms. The fourth-order valence-corrected chi connectivity index (χ4v) is 2.27. The van der Waals surface area contributed by atoms with E-state index in [4.69, 9.17) is 5.73 Å². The molecule has 118 valence electrons. The molecular formula is C16H13F3N4. The molecule has 23 heavy (non-hydrogen) atoms. The number of fused-ring (bicyclic) bond motifs is 1. The first-order valence-corrected chi connectivity index (χ1v) is 6.86. The molecular weight excluding hydrogens is 305 g/mol. The number of hydrogen-bond donors (Lipinski definition) is 2. The second-order valence-electron chi connectivity index (χ2n) is 5.00. The van der Waals surface area contributed by atoms with Crippen LogP contribution in [0.15, 0.2) is 48.5 Å². The molecule has 1 heterocycles. The summed E-state index contributed by atoms with van der Waals surface area (Å²) < 4.78 is 38.2. The maximum atomic E-state index is 12.7. The van der Waals surface area contributed by atoms with Gasteiger partial charge in [-0.05, 0) is 29.8 Å². The Morgan fingerprint density at radius 1 is 1.00 bits per heavy atom. The third-order valence-corrected chi connectivity index (χ3v) is 3.33. The fraction of sp³-hybridized carbons (Fsp3) is 0.125. The molecule has 1 aromatic heterocycles. The SMILES string of the molecule is Nc1nc(NCc2cccc(C(F)(F)F)c2)c2ccccc2n1. The van der Waals surface area contributed by atoms with Crippen LogP contribution in [0.5, 0.6) is 0 Å². The number of aromatic nitrogens is 2. The van der Waals surface area contributed by atoms with E-state index in [-0.39, 0.29) is 12.5 Å². The zero-order valence-electron chi connectivity index (χ0n) is 11.9. The summed E-state index contributed by atoms with van der Waals surface area (Å²) in [5.74, 6) is 0.598. The summed E-state index contributed by atoms with van der Waals surface area (Å²) >= 11 is 0. The Balaban J connectivity index is 1.87. The summed E-state index contributed by atoms with van der Waals surface area (Å²) in [5, 5.41) is 3.78. The molecule has 0 radical (unpaired) electrons. The van der Waals surface area contributed by atoms with Crippen LogP contribution in [-0.2, 0) is 12.7 Å². The molecule has 7 heteroatoms. The number of rotatable bonds is 3. The monoisotopic (exact) mass is 318 g/mol. The normalized spacial score (nSPS) is 11.6. The third kappa shape index (κ3) is 3.33. The molecule has 0 aliphatic heterocycles. The van der Waals surface area contributed by atoms with E-state index in [2.05, 4.69) is 15.3 Å². The Bertz CT molecular complexity index is 846. The van der Waals surface area contributed by atoms with Crippen molar-refractivity contribution in [1.82, 2.24) is 9.97 Å². The van der Waals surface area contributed by atoms with Gasteiger partial charge in [0.2, 0.25) is 5.95 Å². The van der Waals surface area contributed by atoms with Crippen LogP contribution >= 0.6 is 0 Å². The molecule has 3 N–H and O–H groups in total. The minimum atomic E-state index is -4.36. The standard InChI is InChI=1S/C16H13F3N4/c17-16(18,19)11-5-3-4-10(8-11)9-21-14-12-6-1-2-7-13(12)22-15(20)23-14/h1-8H,9H2,(H3,20,21,22,23). The van der Waals surface area contributed by atoms with E-state index in [0.717, 1.165) is 17.5 Å². The van der Waals surface area contributed by atoms with Gasteiger partial charge in [-0.1, -0.05) is 24.3 Å². The molecule has 0 aliphatic rings. The molecule has 3 rings (SSSR count). The number of halogens is 3. The van der Waals surface area contributed by atoms with E-state index in [9.17, 15) is 13.2 Å². The van der Waals surface area contributed by atoms with Crippen molar-refractivity contribution in [2.75, 3.05) is 11.1 Å². The van der Waals surface area contributed by atoms with Crippen LogP contribution in [0.25, 0.3) is 10.9 Å². The molecule has 0 fully saturated rings. The Morgan fingerprint density at radius 3 is 2.57 bits per heavy atom. The van der Waals surface area contributed by atoms with Gasteiger partial charge in [0, 0.05) is 11.9 Å². The molecule has 0 unspecified atom stereocenters. The van der Waals surface area contributed by atoms with Crippen LogP contribution in [0.4, 0.5) is 24.9 Å². The summed E-state index contributed by atoms with van der Waals surface area (Å²) in [6.45, 7) is 0.199. The van der Waals surface area contributed by atoms with Crippen LogP contribution in [0.1, 0.15) is 11.1 Å². The third-order valence-electron chi connectivity index (χ3n) is 3.33. The van der Waals surface area contributed by atoms with Crippen molar-refractivity contribution in [2.24, 2.45) is 0 Å². The Morgan fingerprint density at radius 2 is 1.78 bits per heavy atom. The molecule has 0 saturated heterocycles. The van der Waals surface area contributed by atoms with E-state index in [1.54, 1.807) is 12.1 Å². The summed E-state index contributed by atoms with van der Waals surface area (Å²) in [6.07, 6.45) is -4.36. The molecule has 0 amide bonds. The summed E-state index contributed by atoms with van der Waals surface area (Å²) in [7, 11) is 0. The molecule has 0 atom stereocenters. The van der Waals surface area contributed by atoms with Gasteiger partial charge < -0.3 is 11.1 Å². The highest BCUT2D eigenvalue weighted by Gasteiger charge is 2.30. The number of nitrogens with zero attached hydrogens (tertiary/aromatic N) is 2.